The molecule has 9 rings (SSSR count). The molecule has 4 heterocycles. The van der Waals surface area contributed by atoms with E-state index in [4.69, 9.17) is 15.0 Å². The normalized spacial score (nSPS) is 11.9. The van der Waals surface area contributed by atoms with Gasteiger partial charge in [-0.2, -0.15) is 0 Å². The van der Waals surface area contributed by atoms with Crippen LogP contribution in [0, 0.1) is 0 Å². The van der Waals surface area contributed by atoms with E-state index in [2.05, 4.69) is 157 Å². The maximum atomic E-state index is 5.43. The molecular formula is C46H40N6. The lowest BCUT2D eigenvalue weighted by Gasteiger charge is -2.22. The number of para-hydroxylation sites is 1. The predicted octanol–water partition coefficient (Wildman–Crippen LogP) is 11.5. The summed E-state index contributed by atoms with van der Waals surface area (Å²) in [6, 6.07) is 43.5. The summed E-state index contributed by atoms with van der Waals surface area (Å²) >= 11 is 0. The molecule has 9 aromatic rings. The average Bonchev–Trinajstić information content (AvgIpc) is 3.87. The van der Waals surface area contributed by atoms with Crippen molar-refractivity contribution in [2.45, 2.75) is 39.5 Å². The molecule has 6 heteroatoms. The fraction of sp³-hybridized carbons (Fsp3) is 0.152. The monoisotopic (exact) mass is 676 g/mol. The van der Waals surface area contributed by atoms with Gasteiger partial charge >= 0.3 is 0 Å². The molecule has 4 aromatic heterocycles. The van der Waals surface area contributed by atoms with Crippen LogP contribution in [-0.4, -0.2) is 28.7 Å². The van der Waals surface area contributed by atoms with Gasteiger partial charge in [-0.15, -0.1) is 0 Å². The van der Waals surface area contributed by atoms with Gasteiger partial charge in [-0.05, 0) is 81.6 Å². The molecule has 0 aliphatic carbocycles. The molecule has 0 bridgehead atoms. The van der Waals surface area contributed by atoms with Gasteiger partial charge in [0, 0.05) is 42.0 Å². The predicted molar refractivity (Wildman–Crippen MR) is 214 cm³/mol. The van der Waals surface area contributed by atoms with Gasteiger partial charge < -0.3 is 4.57 Å². The van der Waals surface area contributed by atoms with Crippen molar-refractivity contribution < 1.29 is 0 Å². The molecular weight excluding hydrogens is 637 g/mol. The molecule has 0 amide bonds. The first-order valence-corrected chi connectivity index (χ1v) is 18.1. The van der Waals surface area contributed by atoms with Gasteiger partial charge in [-0.3, -0.25) is 9.13 Å². The van der Waals surface area contributed by atoms with Gasteiger partial charge in [0.1, 0.15) is 11.6 Å². The number of nitrogens with zero attached hydrogens (tertiary/aromatic N) is 6. The topological polar surface area (TPSA) is 53.5 Å². The molecule has 0 spiro atoms. The Morgan fingerprint density at radius 3 is 1.88 bits per heavy atom. The van der Waals surface area contributed by atoms with Crippen LogP contribution in [0.4, 0.5) is 0 Å². The van der Waals surface area contributed by atoms with Crippen LogP contribution in [0.15, 0.2) is 140 Å². The minimum Gasteiger partial charge on any atom is -0.320 e. The highest BCUT2D eigenvalue weighted by molar-refractivity contribution is 6.10. The summed E-state index contributed by atoms with van der Waals surface area (Å²) < 4.78 is 6.60. The molecule has 0 N–H and O–H groups in total. The van der Waals surface area contributed by atoms with E-state index >= 15 is 0 Å². The number of aryl methyl sites for hydroxylation is 1. The van der Waals surface area contributed by atoms with E-state index in [1.54, 1.807) is 0 Å². The third-order valence-corrected chi connectivity index (χ3v) is 10.3. The lowest BCUT2D eigenvalue weighted by atomic mass is 9.85. The van der Waals surface area contributed by atoms with E-state index in [1.165, 1.54) is 38.6 Å². The zero-order valence-corrected chi connectivity index (χ0v) is 30.1. The Morgan fingerprint density at radius 2 is 1.19 bits per heavy atom. The second kappa shape index (κ2) is 12.5. The number of rotatable bonds is 7. The van der Waals surface area contributed by atoms with Crippen molar-refractivity contribution in [3.63, 3.8) is 0 Å². The van der Waals surface area contributed by atoms with Crippen LogP contribution >= 0.6 is 0 Å². The number of fused-ring (bicyclic) bond motifs is 4. The summed E-state index contributed by atoms with van der Waals surface area (Å²) in [5, 5.41) is 2.41. The first-order chi connectivity index (χ1) is 25.4. The van der Waals surface area contributed by atoms with E-state index in [0.717, 1.165) is 50.8 Å². The lowest BCUT2D eigenvalue weighted by molar-refractivity contribution is 0.832. The fourth-order valence-electron chi connectivity index (χ4n) is 7.73. The third kappa shape index (κ3) is 5.13. The second-order valence-electron chi connectivity index (χ2n) is 14.3. The van der Waals surface area contributed by atoms with Crippen molar-refractivity contribution in [3.8, 4) is 45.4 Å². The summed E-state index contributed by atoms with van der Waals surface area (Å²) in [5.74, 6) is 3.21. The molecule has 0 saturated heterocycles. The fourth-order valence-corrected chi connectivity index (χ4v) is 7.73. The molecule has 0 unspecified atom stereocenters. The number of hydrogen-bond acceptors (Lipinski definition) is 3. The number of benzene rings is 5. The minimum atomic E-state index is 0.279. The van der Waals surface area contributed by atoms with Crippen LogP contribution in [0.2, 0.25) is 0 Å². The summed E-state index contributed by atoms with van der Waals surface area (Å²) in [6.45, 7) is 9.13. The highest BCUT2D eigenvalue weighted by Crippen LogP contribution is 2.42. The smallest absolute Gasteiger partial charge is 0.214 e. The Morgan fingerprint density at radius 1 is 0.519 bits per heavy atom. The highest BCUT2D eigenvalue weighted by Gasteiger charge is 2.25. The molecule has 6 nitrogen and oxygen atoms in total. The first kappa shape index (κ1) is 31.7. The Labute approximate surface area is 303 Å². The van der Waals surface area contributed by atoms with E-state index in [0.29, 0.717) is 0 Å². The summed E-state index contributed by atoms with van der Waals surface area (Å²) in [6.07, 6.45) is 5.72. The van der Waals surface area contributed by atoms with Crippen LogP contribution in [0.3, 0.4) is 0 Å². The highest BCUT2D eigenvalue weighted by atomic mass is 15.2. The quantitative estimate of drug-likeness (QED) is 0.169. The SMILES string of the molecule is CC(C)c1cc(-c2ccccc2)cc(C(C)C)c1-c1nc2ccc(-c3ccc4c5ccccc5n(-c5nccn5C)c4c3)cc2n1-c1ccccn1. The van der Waals surface area contributed by atoms with Crippen molar-refractivity contribution in [1.29, 1.82) is 0 Å². The van der Waals surface area contributed by atoms with Crippen molar-refractivity contribution in [2.24, 2.45) is 7.05 Å². The lowest BCUT2D eigenvalue weighted by Crippen LogP contribution is -2.07. The van der Waals surface area contributed by atoms with E-state index in [-0.39, 0.29) is 11.8 Å². The molecule has 0 aliphatic heterocycles. The first-order valence-electron chi connectivity index (χ1n) is 18.1. The van der Waals surface area contributed by atoms with Gasteiger partial charge in [0.15, 0.2) is 0 Å². The van der Waals surface area contributed by atoms with Gasteiger partial charge in [-0.1, -0.05) is 113 Å². The Balaban J connectivity index is 1.29. The zero-order chi connectivity index (χ0) is 35.5. The average molecular weight is 677 g/mol. The van der Waals surface area contributed by atoms with Gasteiger partial charge in [0.25, 0.3) is 0 Å². The third-order valence-electron chi connectivity index (χ3n) is 10.3. The standard InChI is InChI=1S/C46H40N6/c1-29(2)37-25-34(31-13-7-6-8-14-31)26-38(30(3)4)44(37)45-49-39-21-19-33(28-42(39)52(45)43-17-11-12-22-47-43)32-18-20-36-35-15-9-10-16-40(35)51(41(36)27-32)46-48-23-24-50(46)5/h6-30H,1-5H3. The molecule has 0 atom stereocenters. The Kier molecular flexibility index (Phi) is 7.62. The minimum absolute atomic E-state index is 0.279. The van der Waals surface area contributed by atoms with Crippen LogP contribution in [-0.2, 0) is 7.05 Å². The molecule has 0 radical (unpaired) electrons. The van der Waals surface area contributed by atoms with Crippen LogP contribution in [0.5, 0.6) is 0 Å². The largest absolute Gasteiger partial charge is 0.320 e. The van der Waals surface area contributed by atoms with E-state index < -0.39 is 0 Å². The maximum Gasteiger partial charge on any atom is 0.214 e. The van der Waals surface area contributed by atoms with Crippen LogP contribution in [0.1, 0.15) is 50.7 Å². The van der Waals surface area contributed by atoms with Crippen molar-refractivity contribution in [2.75, 3.05) is 0 Å². The van der Waals surface area contributed by atoms with Crippen molar-refractivity contribution in [3.05, 3.63) is 151 Å². The van der Waals surface area contributed by atoms with E-state index in [1.807, 2.05) is 31.7 Å². The number of pyridine rings is 1. The number of aromatic nitrogens is 6. The summed E-state index contributed by atoms with van der Waals surface area (Å²) in [7, 11) is 2.04. The maximum absolute atomic E-state index is 5.43. The van der Waals surface area contributed by atoms with Gasteiger partial charge in [-0.25, -0.2) is 15.0 Å². The second-order valence-corrected chi connectivity index (χ2v) is 14.3. The van der Waals surface area contributed by atoms with Crippen molar-refractivity contribution >= 4 is 32.8 Å². The van der Waals surface area contributed by atoms with Crippen molar-refractivity contribution in [1.82, 2.24) is 28.7 Å². The molecule has 0 fully saturated rings. The molecule has 0 aliphatic rings. The van der Waals surface area contributed by atoms with E-state index in [9.17, 15) is 0 Å². The van der Waals surface area contributed by atoms with Gasteiger partial charge in [0.05, 0.1) is 22.1 Å². The van der Waals surface area contributed by atoms with Crippen LogP contribution < -0.4 is 0 Å². The molecule has 5 aromatic carbocycles. The summed E-state index contributed by atoms with van der Waals surface area (Å²) in [5.41, 5.74) is 12.7. The Bertz CT molecular complexity index is 2720. The zero-order valence-electron chi connectivity index (χ0n) is 30.1. The Hall–Kier alpha value is -6.27. The molecule has 0 saturated carbocycles. The summed E-state index contributed by atoms with van der Waals surface area (Å²) in [4.78, 5) is 15.1. The number of imidazole rings is 2. The van der Waals surface area contributed by atoms with Crippen LogP contribution in [0.25, 0.3) is 78.2 Å². The molecule has 254 valence electrons. The number of hydrogen-bond donors (Lipinski definition) is 0. The van der Waals surface area contributed by atoms with Gasteiger partial charge in [0.2, 0.25) is 5.95 Å². The molecule has 52 heavy (non-hydrogen) atoms.